The average Bonchev–Trinajstić information content (AvgIpc) is 3.21. The summed E-state index contributed by atoms with van der Waals surface area (Å²) < 4.78 is 10.6. The summed E-state index contributed by atoms with van der Waals surface area (Å²) in [6.45, 7) is 5.26. The molecule has 5 heteroatoms. The van der Waals surface area contributed by atoms with Crippen LogP contribution in [0.3, 0.4) is 0 Å². The molecule has 26 heavy (non-hydrogen) atoms. The van der Waals surface area contributed by atoms with E-state index in [9.17, 15) is 4.79 Å². The van der Waals surface area contributed by atoms with Gasteiger partial charge in [-0.1, -0.05) is 24.3 Å². The van der Waals surface area contributed by atoms with Gasteiger partial charge in [0.25, 0.3) is 5.91 Å². The Morgan fingerprint density at radius 2 is 2.00 bits per heavy atom. The molecule has 1 spiro atoms. The van der Waals surface area contributed by atoms with Crippen LogP contribution in [0.1, 0.15) is 34.5 Å². The van der Waals surface area contributed by atoms with Crippen LogP contribution < -0.4 is 0 Å². The molecule has 0 unspecified atom stereocenters. The molecule has 2 aromatic rings. The Bertz CT molecular complexity index is 748. The third-order valence-electron chi connectivity index (χ3n) is 5.86. The quantitative estimate of drug-likeness (QED) is 0.847. The molecule has 1 fully saturated rings. The first-order chi connectivity index (χ1) is 12.7. The summed E-state index contributed by atoms with van der Waals surface area (Å²) in [6.07, 6.45) is 3.53. The maximum absolute atomic E-state index is 12.6. The van der Waals surface area contributed by atoms with E-state index in [1.165, 1.54) is 11.1 Å². The lowest BCUT2D eigenvalue weighted by atomic mass is 9.69. The highest BCUT2D eigenvalue weighted by Gasteiger charge is 2.42. The molecule has 138 valence electrons. The van der Waals surface area contributed by atoms with Crippen molar-refractivity contribution in [1.82, 2.24) is 9.80 Å². The first-order valence-electron chi connectivity index (χ1n) is 9.34. The minimum Gasteiger partial charge on any atom is -0.459 e. The summed E-state index contributed by atoms with van der Waals surface area (Å²) in [7, 11) is 1.76. The lowest BCUT2D eigenvalue weighted by Gasteiger charge is -2.48. The number of rotatable bonds is 4. The number of hydrogen-bond donors (Lipinski definition) is 0. The molecule has 2 aliphatic heterocycles. The van der Waals surface area contributed by atoms with Gasteiger partial charge in [0, 0.05) is 45.2 Å². The summed E-state index contributed by atoms with van der Waals surface area (Å²) in [4.78, 5) is 17.0. The van der Waals surface area contributed by atoms with Gasteiger partial charge in [0.1, 0.15) is 0 Å². The van der Waals surface area contributed by atoms with E-state index in [0.29, 0.717) is 5.76 Å². The molecule has 0 N–H and O–H groups in total. The highest BCUT2D eigenvalue weighted by atomic mass is 16.5. The Hall–Kier alpha value is -2.11. The number of likely N-dealkylation sites (tertiary alicyclic amines) is 1. The molecule has 0 saturated carbocycles. The molecular weight excluding hydrogens is 328 g/mol. The highest BCUT2D eigenvalue weighted by Crippen LogP contribution is 2.41. The number of hydrogen-bond acceptors (Lipinski definition) is 4. The van der Waals surface area contributed by atoms with Gasteiger partial charge in [-0.15, -0.1) is 0 Å². The van der Waals surface area contributed by atoms with Gasteiger partial charge < -0.3 is 14.1 Å². The molecule has 3 heterocycles. The van der Waals surface area contributed by atoms with Gasteiger partial charge in [-0.05, 0) is 36.1 Å². The van der Waals surface area contributed by atoms with Gasteiger partial charge >= 0.3 is 0 Å². The first-order valence-corrected chi connectivity index (χ1v) is 9.34. The normalized spacial score (nSPS) is 19.5. The topological polar surface area (TPSA) is 45.9 Å². The summed E-state index contributed by atoms with van der Waals surface area (Å²) in [5.74, 6) is 0.442. The number of amides is 1. The molecule has 0 atom stereocenters. The predicted molar refractivity (Wildman–Crippen MR) is 99.1 cm³/mol. The number of benzene rings is 1. The van der Waals surface area contributed by atoms with Crippen LogP contribution in [0, 0.1) is 0 Å². The van der Waals surface area contributed by atoms with Crippen LogP contribution in [0.5, 0.6) is 0 Å². The van der Waals surface area contributed by atoms with Crippen molar-refractivity contribution in [3.05, 3.63) is 59.5 Å². The van der Waals surface area contributed by atoms with Crippen molar-refractivity contribution in [2.75, 3.05) is 39.9 Å². The van der Waals surface area contributed by atoms with Crippen molar-refractivity contribution in [3.63, 3.8) is 0 Å². The second-order valence-electron chi connectivity index (χ2n) is 7.41. The van der Waals surface area contributed by atoms with Crippen molar-refractivity contribution < 1.29 is 13.9 Å². The minimum absolute atomic E-state index is 0.00480. The molecule has 0 radical (unpaired) electrons. The molecule has 1 amide bonds. The number of piperidine rings is 1. The van der Waals surface area contributed by atoms with E-state index < -0.39 is 0 Å². The molecule has 1 aromatic carbocycles. The molecule has 2 aliphatic rings. The smallest absolute Gasteiger partial charge is 0.289 e. The Balaban J connectivity index is 1.53. The van der Waals surface area contributed by atoms with E-state index in [1.54, 1.807) is 25.5 Å². The predicted octanol–water partition coefficient (Wildman–Crippen LogP) is 2.92. The summed E-state index contributed by atoms with van der Waals surface area (Å²) in [5.41, 5.74) is 3.02. The van der Waals surface area contributed by atoms with Crippen LogP contribution in [0.4, 0.5) is 0 Å². The number of fused-ring (bicyclic) bond motifs is 2. The third-order valence-corrected chi connectivity index (χ3v) is 5.86. The number of carbonyl (C=O) groups is 1. The van der Waals surface area contributed by atoms with Crippen LogP contribution in [-0.4, -0.2) is 55.6 Å². The summed E-state index contributed by atoms with van der Waals surface area (Å²) in [6, 6.07) is 12.3. The zero-order valence-electron chi connectivity index (χ0n) is 15.3. The zero-order valence-corrected chi connectivity index (χ0v) is 15.3. The molecule has 1 saturated heterocycles. The van der Waals surface area contributed by atoms with Gasteiger partial charge in [-0.3, -0.25) is 9.69 Å². The van der Waals surface area contributed by atoms with Crippen LogP contribution in [0.25, 0.3) is 0 Å². The van der Waals surface area contributed by atoms with Crippen molar-refractivity contribution >= 4 is 5.91 Å². The lowest BCUT2D eigenvalue weighted by Crippen LogP contribution is -2.53. The Labute approximate surface area is 154 Å². The van der Waals surface area contributed by atoms with Crippen LogP contribution in [0.2, 0.25) is 0 Å². The SMILES string of the molecule is COCCN1Cc2ccccc2C2(CCN(C(=O)c3ccco3)CC2)C1. The molecule has 0 aliphatic carbocycles. The second kappa shape index (κ2) is 7.25. The fourth-order valence-corrected chi connectivity index (χ4v) is 4.49. The van der Waals surface area contributed by atoms with E-state index in [1.807, 2.05) is 4.90 Å². The summed E-state index contributed by atoms with van der Waals surface area (Å²) >= 11 is 0. The zero-order chi connectivity index (χ0) is 18.0. The van der Waals surface area contributed by atoms with Gasteiger partial charge in [-0.2, -0.15) is 0 Å². The van der Waals surface area contributed by atoms with Crippen molar-refractivity contribution in [2.45, 2.75) is 24.8 Å². The maximum Gasteiger partial charge on any atom is 0.289 e. The third kappa shape index (κ3) is 3.17. The second-order valence-corrected chi connectivity index (χ2v) is 7.41. The highest BCUT2D eigenvalue weighted by molar-refractivity contribution is 5.91. The Morgan fingerprint density at radius 3 is 2.73 bits per heavy atom. The minimum atomic E-state index is 0.00480. The number of carbonyl (C=O) groups excluding carboxylic acids is 1. The van der Waals surface area contributed by atoms with Gasteiger partial charge in [0.05, 0.1) is 12.9 Å². The Kier molecular flexibility index (Phi) is 4.83. The number of methoxy groups -OCH3 is 1. The van der Waals surface area contributed by atoms with E-state index in [0.717, 1.165) is 52.2 Å². The number of ether oxygens (including phenoxy) is 1. The van der Waals surface area contributed by atoms with E-state index >= 15 is 0 Å². The van der Waals surface area contributed by atoms with E-state index in [-0.39, 0.29) is 11.3 Å². The van der Waals surface area contributed by atoms with E-state index in [2.05, 4.69) is 29.2 Å². The number of nitrogens with zero attached hydrogens (tertiary/aromatic N) is 2. The monoisotopic (exact) mass is 354 g/mol. The molecule has 4 rings (SSSR count). The van der Waals surface area contributed by atoms with Crippen molar-refractivity contribution in [3.8, 4) is 0 Å². The van der Waals surface area contributed by atoms with Gasteiger partial charge in [-0.25, -0.2) is 0 Å². The molecule has 5 nitrogen and oxygen atoms in total. The first kappa shape index (κ1) is 17.3. The standard InChI is InChI=1S/C21H26N2O3/c1-25-14-12-22-15-17-5-2-3-6-18(17)21(16-22)8-10-23(11-9-21)20(24)19-7-4-13-26-19/h2-7,13H,8-12,14-16H2,1H3. The van der Waals surface area contributed by atoms with Crippen molar-refractivity contribution in [1.29, 1.82) is 0 Å². The fourth-order valence-electron chi connectivity index (χ4n) is 4.49. The largest absolute Gasteiger partial charge is 0.459 e. The van der Waals surface area contributed by atoms with Crippen LogP contribution in [0.15, 0.2) is 47.1 Å². The lowest BCUT2D eigenvalue weighted by molar-refractivity contribution is 0.0532. The molecule has 0 bridgehead atoms. The van der Waals surface area contributed by atoms with Gasteiger partial charge in [0.2, 0.25) is 0 Å². The van der Waals surface area contributed by atoms with Crippen LogP contribution in [-0.2, 0) is 16.7 Å². The number of furan rings is 1. The Morgan fingerprint density at radius 1 is 1.19 bits per heavy atom. The van der Waals surface area contributed by atoms with Gasteiger partial charge in [0.15, 0.2) is 5.76 Å². The fraction of sp³-hybridized carbons (Fsp3) is 0.476. The average molecular weight is 354 g/mol. The molecular formula is C21H26N2O3. The summed E-state index contributed by atoms with van der Waals surface area (Å²) in [5, 5.41) is 0. The van der Waals surface area contributed by atoms with Crippen LogP contribution >= 0.6 is 0 Å². The molecule has 1 aromatic heterocycles. The maximum atomic E-state index is 12.6. The van der Waals surface area contributed by atoms with E-state index in [4.69, 9.17) is 9.15 Å². The van der Waals surface area contributed by atoms with Crippen molar-refractivity contribution in [2.24, 2.45) is 0 Å².